The quantitative estimate of drug-likeness (QED) is 0.387. The molecule has 0 unspecified atom stereocenters. The number of carbonyl (C=O) groups is 1. The van der Waals surface area contributed by atoms with E-state index in [1.165, 1.54) is 6.08 Å². The molecule has 1 N–H and O–H groups in total. The predicted molar refractivity (Wildman–Crippen MR) is 53.6 cm³/mol. The third kappa shape index (κ3) is 9.08. The SMILES string of the molecule is CCCNCCOC(=O)C=C(C)C. The second-order valence-corrected chi connectivity index (χ2v) is 3.14. The molecule has 0 rings (SSSR count). The maximum atomic E-state index is 11.0. The van der Waals surface area contributed by atoms with Gasteiger partial charge >= 0.3 is 5.97 Å². The van der Waals surface area contributed by atoms with Crippen molar-refractivity contribution in [3.8, 4) is 0 Å². The van der Waals surface area contributed by atoms with Crippen molar-refractivity contribution in [2.24, 2.45) is 0 Å². The summed E-state index contributed by atoms with van der Waals surface area (Å²) >= 11 is 0. The van der Waals surface area contributed by atoms with Crippen LogP contribution in [0, 0.1) is 0 Å². The Kier molecular flexibility index (Phi) is 7.30. The molecule has 0 heterocycles. The fraction of sp³-hybridized carbons (Fsp3) is 0.700. The molecule has 0 saturated carbocycles. The first kappa shape index (κ1) is 12.2. The van der Waals surface area contributed by atoms with Crippen molar-refractivity contribution in [2.75, 3.05) is 19.7 Å². The number of esters is 1. The summed E-state index contributed by atoms with van der Waals surface area (Å²) in [5.74, 6) is -0.252. The van der Waals surface area contributed by atoms with Gasteiger partial charge in [-0.25, -0.2) is 4.79 Å². The zero-order valence-electron chi connectivity index (χ0n) is 8.72. The number of carbonyl (C=O) groups excluding carboxylic acids is 1. The normalized spacial score (nSPS) is 9.46. The molecule has 13 heavy (non-hydrogen) atoms. The Balaban J connectivity index is 3.33. The lowest BCUT2D eigenvalue weighted by atomic mass is 10.3. The van der Waals surface area contributed by atoms with Crippen LogP contribution >= 0.6 is 0 Å². The van der Waals surface area contributed by atoms with Crippen LogP contribution in [0.3, 0.4) is 0 Å². The molecule has 0 saturated heterocycles. The van der Waals surface area contributed by atoms with Gasteiger partial charge in [-0.15, -0.1) is 0 Å². The lowest BCUT2D eigenvalue weighted by Crippen LogP contribution is -2.21. The van der Waals surface area contributed by atoms with E-state index < -0.39 is 0 Å². The molecule has 0 aromatic rings. The van der Waals surface area contributed by atoms with Gasteiger partial charge in [0.2, 0.25) is 0 Å². The molecule has 0 radical (unpaired) electrons. The Morgan fingerprint density at radius 2 is 2.08 bits per heavy atom. The van der Waals surface area contributed by atoms with Crippen LogP contribution in [0.1, 0.15) is 27.2 Å². The van der Waals surface area contributed by atoms with Gasteiger partial charge in [-0.3, -0.25) is 0 Å². The van der Waals surface area contributed by atoms with Gasteiger partial charge in [0.25, 0.3) is 0 Å². The number of allylic oxidation sites excluding steroid dienone is 1. The maximum Gasteiger partial charge on any atom is 0.330 e. The molecule has 0 amide bonds. The van der Waals surface area contributed by atoms with Crippen LogP contribution in [-0.2, 0) is 9.53 Å². The van der Waals surface area contributed by atoms with Crippen molar-refractivity contribution >= 4 is 5.97 Å². The molecule has 3 nitrogen and oxygen atoms in total. The Morgan fingerprint density at radius 1 is 1.38 bits per heavy atom. The highest BCUT2D eigenvalue weighted by Gasteiger charge is 1.95. The van der Waals surface area contributed by atoms with Gasteiger partial charge in [-0.05, 0) is 26.8 Å². The van der Waals surface area contributed by atoms with Crippen molar-refractivity contribution < 1.29 is 9.53 Å². The highest BCUT2D eigenvalue weighted by molar-refractivity contribution is 5.82. The number of nitrogens with one attached hydrogen (secondary N) is 1. The van der Waals surface area contributed by atoms with Gasteiger partial charge in [0.05, 0.1) is 0 Å². The summed E-state index contributed by atoms with van der Waals surface area (Å²) < 4.78 is 4.92. The summed E-state index contributed by atoms with van der Waals surface area (Å²) in [5, 5.41) is 3.15. The Bertz CT molecular complexity index is 172. The molecule has 0 fully saturated rings. The van der Waals surface area contributed by atoms with E-state index in [0.29, 0.717) is 6.61 Å². The van der Waals surface area contributed by atoms with E-state index in [1.807, 2.05) is 13.8 Å². The molecule has 0 aliphatic heterocycles. The molecule has 0 aromatic carbocycles. The maximum absolute atomic E-state index is 11.0. The molecule has 0 aromatic heterocycles. The standard InChI is InChI=1S/C10H19NO2/c1-4-5-11-6-7-13-10(12)8-9(2)3/h8,11H,4-7H2,1-3H3. The summed E-state index contributed by atoms with van der Waals surface area (Å²) in [7, 11) is 0. The molecule has 0 atom stereocenters. The van der Waals surface area contributed by atoms with Crippen LogP contribution in [0.5, 0.6) is 0 Å². The lowest BCUT2D eigenvalue weighted by Gasteiger charge is -2.03. The summed E-state index contributed by atoms with van der Waals surface area (Å²) in [4.78, 5) is 11.0. The first-order valence-electron chi connectivity index (χ1n) is 4.69. The summed E-state index contributed by atoms with van der Waals surface area (Å²) in [6.45, 7) is 7.99. The van der Waals surface area contributed by atoms with Crippen LogP contribution < -0.4 is 5.32 Å². The van der Waals surface area contributed by atoms with E-state index >= 15 is 0 Å². The third-order valence-corrected chi connectivity index (χ3v) is 1.36. The van der Waals surface area contributed by atoms with E-state index in [9.17, 15) is 4.79 Å². The average molecular weight is 185 g/mol. The second kappa shape index (κ2) is 7.80. The minimum absolute atomic E-state index is 0.252. The number of hydrogen-bond donors (Lipinski definition) is 1. The van der Waals surface area contributed by atoms with Gasteiger partial charge < -0.3 is 10.1 Å². The fourth-order valence-electron chi connectivity index (χ4n) is 0.803. The first-order valence-corrected chi connectivity index (χ1v) is 4.69. The molecule has 0 bridgehead atoms. The second-order valence-electron chi connectivity index (χ2n) is 3.14. The lowest BCUT2D eigenvalue weighted by molar-refractivity contribution is -0.137. The molecular weight excluding hydrogens is 166 g/mol. The number of rotatable bonds is 6. The highest BCUT2D eigenvalue weighted by Crippen LogP contribution is 1.90. The fourth-order valence-corrected chi connectivity index (χ4v) is 0.803. The van der Waals surface area contributed by atoms with Crippen LogP contribution in [-0.4, -0.2) is 25.7 Å². The monoisotopic (exact) mass is 185 g/mol. The topological polar surface area (TPSA) is 38.3 Å². The molecule has 76 valence electrons. The van der Waals surface area contributed by atoms with Crippen LogP contribution in [0.15, 0.2) is 11.6 Å². The highest BCUT2D eigenvalue weighted by atomic mass is 16.5. The van der Waals surface area contributed by atoms with E-state index in [4.69, 9.17) is 4.74 Å². The van der Waals surface area contributed by atoms with Crippen LogP contribution in [0.2, 0.25) is 0 Å². The van der Waals surface area contributed by atoms with Crippen molar-refractivity contribution in [3.05, 3.63) is 11.6 Å². The van der Waals surface area contributed by atoms with Gasteiger partial charge in [0.15, 0.2) is 0 Å². The molecule has 3 heteroatoms. The van der Waals surface area contributed by atoms with Gasteiger partial charge in [-0.2, -0.15) is 0 Å². The molecule has 0 spiro atoms. The summed E-state index contributed by atoms with van der Waals surface area (Å²) in [6, 6.07) is 0. The number of hydrogen-bond acceptors (Lipinski definition) is 3. The number of ether oxygens (including phenoxy) is 1. The molecular formula is C10H19NO2. The van der Waals surface area contributed by atoms with Gasteiger partial charge in [0.1, 0.15) is 6.61 Å². The minimum Gasteiger partial charge on any atom is -0.461 e. The van der Waals surface area contributed by atoms with E-state index in [0.717, 1.165) is 25.1 Å². The zero-order valence-corrected chi connectivity index (χ0v) is 8.72. The van der Waals surface area contributed by atoms with Crippen LogP contribution in [0.25, 0.3) is 0 Å². The van der Waals surface area contributed by atoms with Crippen LogP contribution in [0.4, 0.5) is 0 Å². The van der Waals surface area contributed by atoms with Crippen molar-refractivity contribution in [2.45, 2.75) is 27.2 Å². The Hall–Kier alpha value is -0.830. The predicted octanol–water partition coefficient (Wildman–Crippen LogP) is 1.50. The van der Waals surface area contributed by atoms with E-state index in [2.05, 4.69) is 12.2 Å². The largest absolute Gasteiger partial charge is 0.461 e. The van der Waals surface area contributed by atoms with E-state index in [1.54, 1.807) is 0 Å². The van der Waals surface area contributed by atoms with Gasteiger partial charge in [-0.1, -0.05) is 12.5 Å². The third-order valence-electron chi connectivity index (χ3n) is 1.36. The first-order chi connectivity index (χ1) is 6.16. The van der Waals surface area contributed by atoms with Crippen molar-refractivity contribution in [1.82, 2.24) is 5.32 Å². The van der Waals surface area contributed by atoms with Crippen molar-refractivity contribution in [3.63, 3.8) is 0 Å². The summed E-state index contributed by atoms with van der Waals surface area (Å²) in [6.07, 6.45) is 2.60. The molecule has 0 aliphatic carbocycles. The Labute approximate surface area is 80.2 Å². The van der Waals surface area contributed by atoms with Gasteiger partial charge in [0, 0.05) is 12.6 Å². The van der Waals surface area contributed by atoms with Crippen molar-refractivity contribution in [1.29, 1.82) is 0 Å². The Morgan fingerprint density at radius 3 is 2.62 bits per heavy atom. The van der Waals surface area contributed by atoms with E-state index in [-0.39, 0.29) is 5.97 Å². The minimum atomic E-state index is -0.252. The summed E-state index contributed by atoms with van der Waals surface area (Å²) in [5.41, 5.74) is 0.964. The zero-order chi connectivity index (χ0) is 10.1. The smallest absolute Gasteiger partial charge is 0.330 e. The average Bonchev–Trinajstić information content (AvgIpc) is 2.02. The molecule has 0 aliphatic rings.